The van der Waals surface area contributed by atoms with E-state index in [1.54, 1.807) is 6.20 Å². The lowest BCUT2D eigenvalue weighted by molar-refractivity contribution is 0.750. The first kappa shape index (κ1) is 8.71. The predicted octanol–water partition coefficient (Wildman–Crippen LogP) is 2.08. The van der Waals surface area contributed by atoms with Gasteiger partial charge in [-0.25, -0.2) is 9.97 Å². The van der Waals surface area contributed by atoms with E-state index in [0.29, 0.717) is 6.04 Å². The maximum Gasteiger partial charge on any atom is 0.180 e. The summed E-state index contributed by atoms with van der Waals surface area (Å²) < 4.78 is 1.99. The largest absolute Gasteiger partial charge is 0.364 e. The summed E-state index contributed by atoms with van der Waals surface area (Å²) in [6.07, 6.45) is 12.6. The quantitative estimate of drug-likeness (QED) is 0.810. The Morgan fingerprint density at radius 3 is 2.67 bits per heavy atom. The van der Waals surface area contributed by atoms with Crippen LogP contribution in [0.3, 0.4) is 0 Å². The van der Waals surface area contributed by atoms with Gasteiger partial charge < -0.3 is 9.72 Å². The molecule has 1 saturated carbocycles. The van der Waals surface area contributed by atoms with Gasteiger partial charge in [0, 0.05) is 30.8 Å². The number of fused-ring (bicyclic) bond motifs is 1. The van der Waals surface area contributed by atoms with Crippen molar-refractivity contribution in [3.8, 4) is 0 Å². The zero-order valence-corrected chi connectivity index (χ0v) is 8.56. The third-order valence-corrected chi connectivity index (χ3v) is 3.01. The van der Waals surface area contributed by atoms with Gasteiger partial charge >= 0.3 is 0 Å². The molecule has 0 unspecified atom stereocenters. The number of nitrogens with one attached hydrogen (secondary N) is 1. The highest BCUT2D eigenvalue weighted by Crippen LogP contribution is 2.22. The molecular weight excluding hydrogens is 188 g/mol. The summed E-state index contributed by atoms with van der Waals surface area (Å²) in [6.45, 7) is 0. The Balaban J connectivity index is 1.92. The minimum absolute atomic E-state index is 0.584. The number of nitrogens with zero attached hydrogens (tertiary/aromatic N) is 3. The topological polar surface area (TPSA) is 42.2 Å². The zero-order chi connectivity index (χ0) is 10.1. The molecule has 0 spiro atoms. The standard InChI is InChI=1S/C11H14N4/c1-2-4-9(3-1)14-10-11-13-6-8-15(11)7-5-12-10/h5-9H,1-4H2,(H,12,14). The molecule has 1 aliphatic carbocycles. The van der Waals surface area contributed by atoms with Gasteiger partial charge in [-0.3, -0.25) is 0 Å². The summed E-state index contributed by atoms with van der Waals surface area (Å²) in [5.41, 5.74) is 0.921. The molecule has 0 aromatic carbocycles. The number of hydrogen-bond acceptors (Lipinski definition) is 3. The highest BCUT2D eigenvalue weighted by molar-refractivity contribution is 5.62. The van der Waals surface area contributed by atoms with Crippen molar-refractivity contribution in [2.45, 2.75) is 31.7 Å². The molecule has 1 fully saturated rings. The fraction of sp³-hybridized carbons (Fsp3) is 0.455. The molecule has 2 aromatic heterocycles. The summed E-state index contributed by atoms with van der Waals surface area (Å²) in [5, 5.41) is 3.48. The maximum atomic E-state index is 4.35. The van der Waals surface area contributed by atoms with E-state index in [-0.39, 0.29) is 0 Å². The second kappa shape index (κ2) is 3.53. The van der Waals surface area contributed by atoms with Crippen molar-refractivity contribution >= 4 is 11.5 Å². The van der Waals surface area contributed by atoms with E-state index in [1.807, 2.05) is 23.0 Å². The van der Waals surface area contributed by atoms with Gasteiger partial charge in [0.15, 0.2) is 11.5 Å². The van der Waals surface area contributed by atoms with Gasteiger partial charge in [0.1, 0.15) is 0 Å². The molecule has 0 aliphatic heterocycles. The Labute approximate surface area is 88.4 Å². The molecule has 4 nitrogen and oxygen atoms in total. The molecule has 2 aromatic rings. The third-order valence-electron chi connectivity index (χ3n) is 3.01. The molecule has 0 atom stereocenters. The SMILES string of the molecule is c1cn2ccnc2c(NC2CCCC2)n1. The molecule has 15 heavy (non-hydrogen) atoms. The van der Waals surface area contributed by atoms with Gasteiger partial charge in [0.25, 0.3) is 0 Å². The summed E-state index contributed by atoms with van der Waals surface area (Å²) in [7, 11) is 0. The highest BCUT2D eigenvalue weighted by Gasteiger charge is 2.16. The van der Waals surface area contributed by atoms with Crippen LogP contribution in [-0.2, 0) is 0 Å². The Morgan fingerprint density at radius 1 is 1.13 bits per heavy atom. The van der Waals surface area contributed by atoms with E-state index >= 15 is 0 Å². The summed E-state index contributed by atoms with van der Waals surface area (Å²) >= 11 is 0. The predicted molar refractivity (Wildman–Crippen MR) is 58.9 cm³/mol. The van der Waals surface area contributed by atoms with Crippen LogP contribution in [0.15, 0.2) is 24.8 Å². The van der Waals surface area contributed by atoms with Gasteiger partial charge in [-0.1, -0.05) is 12.8 Å². The van der Waals surface area contributed by atoms with Crippen LogP contribution in [-0.4, -0.2) is 20.4 Å². The van der Waals surface area contributed by atoms with Crippen LogP contribution >= 0.6 is 0 Å². The second-order valence-electron chi connectivity index (χ2n) is 4.06. The third kappa shape index (κ3) is 1.56. The van der Waals surface area contributed by atoms with Gasteiger partial charge in [-0.05, 0) is 12.8 Å². The molecule has 2 heterocycles. The van der Waals surface area contributed by atoms with Crippen LogP contribution in [0.25, 0.3) is 5.65 Å². The summed E-state index contributed by atoms with van der Waals surface area (Å²) in [6, 6.07) is 0.584. The molecule has 0 radical (unpaired) electrons. The first-order chi connectivity index (χ1) is 7.43. The smallest absolute Gasteiger partial charge is 0.180 e. The van der Waals surface area contributed by atoms with Crippen LogP contribution in [0, 0.1) is 0 Å². The molecule has 0 amide bonds. The second-order valence-corrected chi connectivity index (χ2v) is 4.06. The van der Waals surface area contributed by atoms with Gasteiger partial charge in [-0.2, -0.15) is 0 Å². The first-order valence-corrected chi connectivity index (χ1v) is 5.48. The molecule has 0 saturated heterocycles. The Bertz CT molecular complexity index is 456. The monoisotopic (exact) mass is 202 g/mol. The van der Waals surface area contributed by atoms with E-state index in [4.69, 9.17) is 0 Å². The Morgan fingerprint density at radius 2 is 1.87 bits per heavy atom. The van der Waals surface area contributed by atoms with Crippen LogP contribution in [0.5, 0.6) is 0 Å². The maximum absolute atomic E-state index is 4.35. The van der Waals surface area contributed by atoms with Gasteiger partial charge in [0.2, 0.25) is 0 Å². The Kier molecular flexibility index (Phi) is 2.05. The van der Waals surface area contributed by atoms with Crippen molar-refractivity contribution < 1.29 is 0 Å². The number of aromatic nitrogens is 3. The van der Waals surface area contributed by atoms with Crippen LogP contribution in [0.1, 0.15) is 25.7 Å². The lowest BCUT2D eigenvalue weighted by Crippen LogP contribution is -2.16. The van der Waals surface area contributed by atoms with E-state index in [9.17, 15) is 0 Å². The van der Waals surface area contributed by atoms with Crippen LogP contribution in [0.2, 0.25) is 0 Å². The lowest BCUT2D eigenvalue weighted by atomic mass is 10.2. The van der Waals surface area contributed by atoms with Crippen molar-refractivity contribution in [3.05, 3.63) is 24.8 Å². The molecule has 78 valence electrons. The number of imidazole rings is 1. The minimum atomic E-state index is 0.584. The van der Waals surface area contributed by atoms with Crippen molar-refractivity contribution in [2.24, 2.45) is 0 Å². The molecular formula is C11H14N4. The van der Waals surface area contributed by atoms with E-state index in [1.165, 1.54) is 25.7 Å². The first-order valence-electron chi connectivity index (χ1n) is 5.48. The van der Waals surface area contributed by atoms with Crippen molar-refractivity contribution in [2.75, 3.05) is 5.32 Å². The van der Waals surface area contributed by atoms with Gasteiger partial charge in [-0.15, -0.1) is 0 Å². The van der Waals surface area contributed by atoms with E-state index < -0.39 is 0 Å². The van der Waals surface area contributed by atoms with Crippen molar-refractivity contribution in [1.82, 2.24) is 14.4 Å². The minimum Gasteiger partial charge on any atom is -0.364 e. The van der Waals surface area contributed by atoms with E-state index in [0.717, 1.165) is 11.5 Å². The summed E-state index contributed by atoms with van der Waals surface area (Å²) in [5.74, 6) is 0.911. The van der Waals surface area contributed by atoms with Crippen LogP contribution in [0.4, 0.5) is 5.82 Å². The normalized spacial score (nSPS) is 17.3. The fourth-order valence-electron chi connectivity index (χ4n) is 2.22. The number of anilines is 1. The van der Waals surface area contributed by atoms with Crippen molar-refractivity contribution in [3.63, 3.8) is 0 Å². The fourth-order valence-corrected chi connectivity index (χ4v) is 2.22. The Hall–Kier alpha value is -1.58. The average molecular weight is 202 g/mol. The van der Waals surface area contributed by atoms with E-state index in [2.05, 4.69) is 15.3 Å². The molecule has 1 N–H and O–H groups in total. The number of hydrogen-bond donors (Lipinski definition) is 1. The lowest BCUT2D eigenvalue weighted by Gasteiger charge is -2.12. The van der Waals surface area contributed by atoms with Gasteiger partial charge in [0.05, 0.1) is 0 Å². The van der Waals surface area contributed by atoms with Crippen molar-refractivity contribution in [1.29, 1.82) is 0 Å². The molecule has 1 aliphatic rings. The van der Waals surface area contributed by atoms with Crippen LogP contribution < -0.4 is 5.32 Å². The average Bonchev–Trinajstić information content (AvgIpc) is 2.87. The highest BCUT2D eigenvalue weighted by atomic mass is 15.1. The zero-order valence-electron chi connectivity index (χ0n) is 8.56. The molecule has 0 bridgehead atoms. The molecule has 3 rings (SSSR count). The number of rotatable bonds is 2. The molecule has 4 heteroatoms. The summed E-state index contributed by atoms with van der Waals surface area (Å²) in [4.78, 5) is 8.65.